The first-order valence-electron chi connectivity index (χ1n) is 6.39. The molecule has 0 saturated heterocycles. The Kier molecular flexibility index (Phi) is 4.68. The number of azo groups is 1. The van der Waals surface area contributed by atoms with Crippen molar-refractivity contribution < 1.29 is 0 Å². The summed E-state index contributed by atoms with van der Waals surface area (Å²) in [6, 6.07) is 10.3. The Morgan fingerprint density at radius 1 is 1.00 bits per heavy atom. The van der Waals surface area contributed by atoms with E-state index in [1.54, 1.807) is 30.3 Å². The first-order valence-corrected chi connectivity index (χ1v) is 6.77. The molecule has 1 heterocycles. The molecule has 0 saturated carbocycles. The molecule has 1 aromatic carbocycles. The van der Waals surface area contributed by atoms with Crippen LogP contribution >= 0.6 is 24.0 Å². The van der Waals surface area contributed by atoms with Gasteiger partial charge in [0, 0.05) is 30.9 Å². The number of hydrogen-bond acceptors (Lipinski definition) is 3. The Bertz CT molecular complexity index is 849. The third kappa shape index (κ3) is 2.91. The van der Waals surface area contributed by atoms with E-state index >= 15 is 0 Å². The number of halogens is 2. The van der Waals surface area contributed by atoms with Crippen molar-refractivity contribution >= 4 is 35.4 Å². The van der Waals surface area contributed by atoms with Crippen LogP contribution in [0.5, 0.6) is 0 Å². The summed E-state index contributed by atoms with van der Waals surface area (Å²) in [5.41, 5.74) is 2.55. The number of aromatic nitrogens is 2. The molecule has 0 aromatic heterocycles. The molecule has 22 heavy (non-hydrogen) atoms. The lowest BCUT2D eigenvalue weighted by molar-refractivity contribution is 0.603. The lowest BCUT2D eigenvalue weighted by Gasteiger charge is -2.05. The summed E-state index contributed by atoms with van der Waals surface area (Å²) in [5.74, 6) is 0. The summed E-state index contributed by atoms with van der Waals surface area (Å²) in [5, 5.41) is 8.90. The van der Waals surface area contributed by atoms with Crippen molar-refractivity contribution in [1.82, 2.24) is 9.36 Å². The van der Waals surface area contributed by atoms with Crippen molar-refractivity contribution in [2.24, 2.45) is 24.3 Å². The van der Waals surface area contributed by atoms with E-state index in [0.717, 1.165) is 11.3 Å². The van der Waals surface area contributed by atoms with Gasteiger partial charge in [-0.15, -0.1) is 17.5 Å². The fraction of sp³-hybridized carbons (Fsp3) is 0.133. The van der Waals surface area contributed by atoms with Crippen molar-refractivity contribution in [3.05, 3.63) is 57.8 Å². The highest BCUT2D eigenvalue weighted by Crippen LogP contribution is 2.30. The lowest BCUT2D eigenvalue weighted by Crippen LogP contribution is -2.06. The fourth-order valence-electron chi connectivity index (χ4n) is 2.18. The second-order valence-electron chi connectivity index (χ2n) is 4.75. The van der Waals surface area contributed by atoms with Crippen LogP contribution < -0.4 is 5.43 Å². The minimum absolute atomic E-state index is 0. The predicted octanol–water partition coefficient (Wildman–Crippen LogP) is 4.32. The molecule has 5 nitrogen and oxygen atoms in total. The van der Waals surface area contributed by atoms with Crippen LogP contribution in [0.3, 0.4) is 0 Å². The van der Waals surface area contributed by atoms with Gasteiger partial charge in [0.1, 0.15) is 0 Å². The largest absolute Gasteiger partial charge is 0.295 e. The van der Waals surface area contributed by atoms with Crippen LogP contribution in [0.2, 0.25) is 5.02 Å². The highest BCUT2D eigenvalue weighted by Gasteiger charge is 2.16. The molecule has 1 aliphatic heterocycles. The number of rotatable bonds is 2. The average Bonchev–Trinajstić information content (AvgIpc) is 2.76. The van der Waals surface area contributed by atoms with E-state index in [1.807, 2.05) is 29.7 Å². The second kappa shape index (κ2) is 6.34. The fourth-order valence-corrected chi connectivity index (χ4v) is 2.30. The zero-order valence-corrected chi connectivity index (χ0v) is 13.6. The molecule has 0 unspecified atom stereocenters. The van der Waals surface area contributed by atoms with Gasteiger partial charge in [-0.2, -0.15) is 5.11 Å². The van der Waals surface area contributed by atoms with E-state index in [4.69, 9.17) is 11.6 Å². The van der Waals surface area contributed by atoms with E-state index in [1.165, 1.54) is 6.07 Å². The van der Waals surface area contributed by atoms with Crippen LogP contribution in [0.1, 0.15) is 0 Å². The third-order valence-electron chi connectivity index (χ3n) is 3.36. The molecular formula is C15H14Cl2N4O. The smallest absolute Gasteiger partial charge is 0.208 e. The van der Waals surface area contributed by atoms with E-state index in [2.05, 4.69) is 10.2 Å². The molecule has 1 aliphatic carbocycles. The standard InChI is InChI=1S/C15H13ClN4O.ClH/c1-19-9-10-3-8-13(21)14(15(10)20(19)2)18-17-12-6-4-11(16)5-7-12;/h3-9H,1-2H3;1H. The van der Waals surface area contributed by atoms with Crippen LogP contribution in [0.4, 0.5) is 11.4 Å². The van der Waals surface area contributed by atoms with Gasteiger partial charge in [-0.1, -0.05) is 11.6 Å². The summed E-state index contributed by atoms with van der Waals surface area (Å²) < 4.78 is 3.76. The monoisotopic (exact) mass is 336 g/mol. The van der Waals surface area contributed by atoms with Crippen LogP contribution in [0, 0.1) is 0 Å². The quantitative estimate of drug-likeness (QED) is 0.643. The number of aryl methyl sites for hydroxylation is 1. The van der Waals surface area contributed by atoms with Crippen LogP contribution in [0.25, 0.3) is 11.3 Å². The summed E-state index contributed by atoms with van der Waals surface area (Å²) in [6.45, 7) is 0. The second-order valence-corrected chi connectivity index (χ2v) is 5.19. The first-order chi connectivity index (χ1) is 10.1. The van der Waals surface area contributed by atoms with Crippen molar-refractivity contribution in [3.8, 4) is 11.3 Å². The zero-order chi connectivity index (χ0) is 15.0. The highest BCUT2D eigenvalue weighted by atomic mass is 35.5. The maximum atomic E-state index is 12.1. The molecule has 3 rings (SSSR count). The molecule has 1 aromatic rings. The molecule has 0 atom stereocenters. The van der Waals surface area contributed by atoms with Gasteiger partial charge < -0.3 is 0 Å². The van der Waals surface area contributed by atoms with Crippen LogP contribution in [-0.2, 0) is 14.1 Å². The van der Waals surface area contributed by atoms with E-state index < -0.39 is 0 Å². The van der Waals surface area contributed by atoms with Crippen molar-refractivity contribution in [3.63, 3.8) is 0 Å². The summed E-state index contributed by atoms with van der Waals surface area (Å²) in [7, 11) is 3.79. The van der Waals surface area contributed by atoms with Crippen molar-refractivity contribution in [2.75, 3.05) is 0 Å². The van der Waals surface area contributed by atoms with Crippen molar-refractivity contribution in [2.45, 2.75) is 0 Å². The van der Waals surface area contributed by atoms with Crippen molar-refractivity contribution in [1.29, 1.82) is 0 Å². The number of nitrogens with zero attached hydrogens (tertiary/aromatic N) is 4. The molecule has 0 amide bonds. The third-order valence-corrected chi connectivity index (χ3v) is 3.61. The molecule has 0 spiro atoms. The van der Waals surface area contributed by atoms with Gasteiger partial charge in [0.25, 0.3) is 0 Å². The van der Waals surface area contributed by atoms with E-state index in [9.17, 15) is 4.79 Å². The minimum atomic E-state index is -0.151. The van der Waals surface area contributed by atoms with Gasteiger partial charge in [-0.25, -0.2) is 0 Å². The molecule has 7 heteroatoms. The van der Waals surface area contributed by atoms with Gasteiger partial charge >= 0.3 is 0 Å². The molecular weight excluding hydrogens is 323 g/mol. The average molecular weight is 337 g/mol. The molecule has 0 fully saturated rings. The minimum Gasteiger partial charge on any atom is -0.295 e. The Labute approximate surface area is 138 Å². The molecule has 114 valence electrons. The van der Waals surface area contributed by atoms with Gasteiger partial charge in [0.15, 0.2) is 5.69 Å². The van der Waals surface area contributed by atoms with Crippen LogP contribution in [-0.4, -0.2) is 9.36 Å². The summed E-state index contributed by atoms with van der Waals surface area (Å²) in [4.78, 5) is 12.1. The molecule has 2 aliphatic rings. The lowest BCUT2D eigenvalue weighted by atomic mass is 10.1. The Hall–Kier alpha value is -2.11. The van der Waals surface area contributed by atoms with Gasteiger partial charge in [0.2, 0.25) is 5.43 Å². The molecule has 0 N–H and O–H groups in total. The number of benzene rings is 2. The summed E-state index contributed by atoms with van der Waals surface area (Å²) in [6.07, 6.45) is 1.94. The van der Waals surface area contributed by atoms with Gasteiger partial charge in [-0.3, -0.25) is 14.2 Å². The summed E-state index contributed by atoms with van der Waals surface area (Å²) >= 11 is 5.83. The maximum Gasteiger partial charge on any atom is 0.208 e. The predicted molar refractivity (Wildman–Crippen MR) is 90.2 cm³/mol. The van der Waals surface area contributed by atoms with E-state index in [0.29, 0.717) is 16.4 Å². The molecule has 0 bridgehead atoms. The van der Waals surface area contributed by atoms with Gasteiger partial charge in [-0.05, 0) is 36.4 Å². The molecule has 0 radical (unpaired) electrons. The normalized spacial score (nSPS) is 11.0. The number of fused-ring (bicyclic) bond motifs is 1. The Morgan fingerprint density at radius 3 is 2.36 bits per heavy atom. The van der Waals surface area contributed by atoms with E-state index in [-0.39, 0.29) is 17.8 Å². The zero-order valence-electron chi connectivity index (χ0n) is 12.0. The Balaban J connectivity index is 0.00000176. The SMILES string of the molecule is Cl.Cn1cc2ccc(=O)c(N=Nc3ccc(Cl)cc3)c-2n1C. The Morgan fingerprint density at radius 2 is 1.68 bits per heavy atom. The number of hydrogen-bond donors (Lipinski definition) is 0. The first kappa shape index (κ1) is 16.3. The highest BCUT2D eigenvalue weighted by molar-refractivity contribution is 6.30. The van der Waals surface area contributed by atoms with Crippen LogP contribution in [0.15, 0.2) is 57.6 Å². The topological polar surface area (TPSA) is 51.6 Å². The van der Waals surface area contributed by atoms with Gasteiger partial charge in [0.05, 0.1) is 11.4 Å². The maximum absolute atomic E-state index is 12.1.